The van der Waals surface area contributed by atoms with Gasteiger partial charge >= 0.3 is 0 Å². The normalized spacial score (nSPS) is 17.6. The third kappa shape index (κ3) is 1.58. The minimum Gasteiger partial charge on any atom is -0.382 e. The predicted octanol–water partition coefficient (Wildman–Crippen LogP) is 2.67. The smallest absolute Gasteiger partial charge is 0.122 e. The Bertz CT molecular complexity index is 499. The fourth-order valence-electron chi connectivity index (χ4n) is 2.02. The number of rotatable bonds is 3. The number of hydrogen-bond acceptors (Lipinski definition) is 3. The molecule has 4 heteroatoms. The average molecular weight is 234 g/mol. The minimum absolute atomic E-state index is 0.533. The zero-order chi connectivity index (χ0) is 11.1. The first-order chi connectivity index (χ1) is 7.77. The molecule has 3 nitrogen and oxygen atoms in total. The Kier molecular flexibility index (Phi) is 2.33. The molecule has 0 radical (unpaired) electrons. The molecule has 3 rings (SSSR count). The van der Waals surface area contributed by atoms with E-state index in [9.17, 15) is 5.11 Å². The lowest BCUT2D eigenvalue weighted by molar-refractivity contribution is 0.209. The van der Waals surface area contributed by atoms with Gasteiger partial charge in [-0.2, -0.15) is 0 Å². The summed E-state index contributed by atoms with van der Waals surface area (Å²) in [7, 11) is 0. The van der Waals surface area contributed by atoms with Gasteiger partial charge in [0.15, 0.2) is 0 Å². The molecular formula is C12H14N2OS. The molecule has 2 aromatic heterocycles. The summed E-state index contributed by atoms with van der Waals surface area (Å²) in [6, 6.07) is 2.56. The van der Waals surface area contributed by atoms with Crippen LogP contribution in [0.25, 0.3) is 0 Å². The molecule has 2 heterocycles. The maximum absolute atomic E-state index is 10.4. The third-order valence-electron chi connectivity index (χ3n) is 3.11. The van der Waals surface area contributed by atoms with Gasteiger partial charge in [0, 0.05) is 16.5 Å². The summed E-state index contributed by atoms with van der Waals surface area (Å²) in [5.41, 5.74) is 1.93. The molecule has 84 valence electrons. The van der Waals surface area contributed by atoms with E-state index < -0.39 is 6.10 Å². The topological polar surface area (TPSA) is 38.1 Å². The van der Waals surface area contributed by atoms with Crippen molar-refractivity contribution < 1.29 is 5.11 Å². The largest absolute Gasteiger partial charge is 0.382 e. The lowest BCUT2D eigenvalue weighted by atomic mass is 10.1. The van der Waals surface area contributed by atoms with Gasteiger partial charge in [-0.15, -0.1) is 11.3 Å². The van der Waals surface area contributed by atoms with Crippen molar-refractivity contribution in [3.05, 3.63) is 40.1 Å². The Morgan fingerprint density at radius 1 is 1.56 bits per heavy atom. The lowest BCUT2D eigenvalue weighted by Gasteiger charge is -2.13. The van der Waals surface area contributed by atoms with Crippen molar-refractivity contribution in [1.82, 2.24) is 9.55 Å². The summed E-state index contributed by atoms with van der Waals surface area (Å²) >= 11 is 1.67. The van der Waals surface area contributed by atoms with Crippen molar-refractivity contribution in [3.63, 3.8) is 0 Å². The summed E-state index contributed by atoms with van der Waals surface area (Å²) in [6.07, 6.45) is 5.49. The lowest BCUT2D eigenvalue weighted by Crippen LogP contribution is -2.07. The summed E-state index contributed by atoms with van der Waals surface area (Å²) in [4.78, 5) is 5.33. The molecule has 1 fully saturated rings. The van der Waals surface area contributed by atoms with Crippen LogP contribution in [0.1, 0.15) is 41.1 Å². The summed E-state index contributed by atoms with van der Waals surface area (Å²) in [6.45, 7) is 2.04. The van der Waals surface area contributed by atoms with Crippen LogP contribution in [-0.4, -0.2) is 14.7 Å². The first-order valence-corrected chi connectivity index (χ1v) is 6.39. The number of imidazole rings is 1. The molecule has 16 heavy (non-hydrogen) atoms. The van der Waals surface area contributed by atoms with Crippen LogP contribution in [0.2, 0.25) is 0 Å². The molecular weight excluding hydrogens is 220 g/mol. The van der Waals surface area contributed by atoms with E-state index in [1.54, 1.807) is 17.5 Å². The molecule has 1 saturated carbocycles. The molecule has 0 bridgehead atoms. The zero-order valence-electron chi connectivity index (χ0n) is 9.13. The maximum Gasteiger partial charge on any atom is 0.122 e. The van der Waals surface area contributed by atoms with Crippen molar-refractivity contribution in [3.8, 4) is 0 Å². The van der Waals surface area contributed by atoms with E-state index in [0.717, 1.165) is 11.3 Å². The minimum atomic E-state index is -0.533. The van der Waals surface area contributed by atoms with Gasteiger partial charge in [-0.3, -0.25) is 0 Å². The van der Waals surface area contributed by atoms with E-state index in [0.29, 0.717) is 6.04 Å². The van der Waals surface area contributed by atoms with E-state index in [-0.39, 0.29) is 0 Å². The monoisotopic (exact) mass is 234 g/mol. The first-order valence-electron chi connectivity index (χ1n) is 5.51. The van der Waals surface area contributed by atoms with Crippen molar-refractivity contribution in [2.45, 2.75) is 31.9 Å². The van der Waals surface area contributed by atoms with Gasteiger partial charge < -0.3 is 9.67 Å². The fraction of sp³-hybridized carbons (Fsp3) is 0.417. The zero-order valence-corrected chi connectivity index (χ0v) is 9.94. The summed E-state index contributed by atoms with van der Waals surface area (Å²) in [5, 5.41) is 12.4. The second-order valence-electron chi connectivity index (χ2n) is 4.29. The quantitative estimate of drug-likeness (QED) is 0.886. The summed E-state index contributed by atoms with van der Waals surface area (Å²) < 4.78 is 2.11. The van der Waals surface area contributed by atoms with Crippen LogP contribution in [0.4, 0.5) is 0 Å². The van der Waals surface area contributed by atoms with Gasteiger partial charge in [0.05, 0.1) is 18.2 Å². The van der Waals surface area contributed by atoms with Gasteiger partial charge in [0.1, 0.15) is 6.10 Å². The van der Waals surface area contributed by atoms with Crippen molar-refractivity contribution in [2.75, 3.05) is 0 Å². The number of thiophene rings is 1. The Morgan fingerprint density at radius 2 is 2.38 bits per heavy atom. The van der Waals surface area contributed by atoms with Gasteiger partial charge in [-0.05, 0) is 31.2 Å². The van der Waals surface area contributed by atoms with Gasteiger partial charge in [-0.1, -0.05) is 0 Å². The molecule has 0 saturated heterocycles. The highest BCUT2D eigenvalue weighted by Gasteiger charge is 2.28. The van der Waals surface area contributed by atoms with Crippen LogP contribution in [0, 0.1) is 6.92 Å². The van der Waals surface area contributed by atoms with Crippen LogP contribution in [0.15, 0.2) is 24.0 Å². The molecule has 0 aromatic carbocycles. The molecule has 0 aliphatic heterocycles. The standard InChI is InChI=1S/C12H14N2OS/c1-8-10(4-5-16-8)12(15)11-6-13-7-14(11)9-2-3-9/h4-7,9,12,15H,2-3H2,1H3. The van der Waals surface area contributed by atoms with E-state index in [1.807, 2.05) is 24.7 Å². The number of aliphatic hydroxyl groups is 1. The van der Waals surface area contributed by atoms with E-state index >= 15 is 0 Å². The molecule has 1 unspecified atom stereocenters. The SMILES string of the molecule is Cc1sccc1C(O)c1cncn1C1CC1. The predicted molar refractivity (Wildman–Crippen MR) is 63.6 cm³/mol. The van der Waals surface area contributed by atoms with Gasteiger partial charge in [0.25, 0.3) is 0 Å². The Labute approximate surface area is 98.4 Å². The third-order valence-corrected chi connectivity index (χ3v) is 3.97. The van der Waals surface area contributed by atoms with Crippen molar-refractivity contribution in [2.24, 2.45) is 0 Å². The van der Waals surface area contributed by atoms with Crippen molar-refractivity contribution in [1.29, 1.82) is 0 Å². The number of nitrogens with zero attached hydrogens (tertiary/aromatic N) is 2. The fourth-order valence-corrected chi connectivity index (χ4v) is 2.76. The van der Waals surface area contributed by atoms with Crippen LogP contribution in [0.3, 0.4) is 0 Å². The van der Waals surface area contributed by atoms with Crippen LogP contribution < -0.4 is 0 Å². The Hall–Kier alpha value is -1.13. The second kappa shape index (κ2) is 3.71. The van der Waals surface area contributed by atoms with Crippen LogP contribution in [-0.2, 0) is 0 Å². The molecule has 1 N–H and O–H groups in total. The number of aromatic nitrogens is 2. The molecule has 1 atom stereocenters. The molecule has 2 aromatic rings. The molecule has 1 aliphatic rings. The molecule has 1 aliphatic carbocycles. The molecule has 0 spiro atoms. The number of aliphatic hydroxyl groups excluding tert-OH is 1. The average Bonchev–Trinajstić information content (AvgIpc) is 2.85. The highest BCUT2D eigenvalue weighted by molar-refractivity contribution is 7.10. The van der Waals surface area contributed by atoms with Gasteiger partial charge in [-0.25, -0.2) is 4.98 Å². The second-order valence-corrected chi connectivity index (χ2v) is 5.41. The Balaban J connectivity index is 1.97. The van der Waals surface area contributed by atoms with E-state index in [2.05, 4.69) is 9.55 Å². The van der Waals surface area contributed by atoms with Gasteiger partial charge in [0.2, 0.25) is 0 Å². The van der Waals surface area contributed by atoms with E-state index in [4.69, 9.17) is 0 Å². The van der Waals surface area contributed by atoms with Crippen LogP contribution >= 0.6 is 11.3 Å². The van der Waals surface area contributed by atoms with Crippen molar-refractivity contribution >= 4 is 11.3 Å². The first kappa shape index (κ1) is 10.1. The Morgan fingerprint density at radius 3 is 3.00 bits per heavy atom. The number of hydrogen-bond donors (Lipinski definition) is 1. The van der Waals surface area contributed by atoms with E-state index in [1.165, 1.54) is 17.7 Å². The highest BCUT2D eigenvalue weighted by atomic mass is 32.1. The maximum atomic E-state index is 10.4. The number of aryl methyl sites for hydroxylation is 1. The summed E-state index contributed by atoms with van der Waals surface area (Å²) in [5.74, 6) is 0. The molecule has 0 amide bonds. The highest BCUT2D eigenvalue weighted by Crippen LogP contribution is 2.38. The van der Waals surface area contributed by atoms with Crippen LogP contribution in [0.5, 0.6) is 0 Å².